The molecule has 2 N–H and O–H groups in total. The third-order valence-corrected chi connectivity index (χ3v) is 7.89. The van der Waals surface area contributed by atoms with Gasteiger partial charge in [-0.3, -0.25) is 4.79 Å². The maximum absolute atomic E-state index is 12.5. The normalized spacial score (nSPS) is 16.7. The van der Waals surface area contributed by atoms with Crippen LogP contribution in [0, 0.1) is 7.14 Å². The fourth-order valence-electron chi connectivity index (χ4n) is 3.24. The summed E-state index contributed by atoms with van der Waals surface area (Å²) in [5, 5.41) is 7.07. The van der Waals surface area contributed by atoms with Gasteiger partial charge in [-0.15, -0.1) is 0 Å². The van der Waals surface area contributed by atoms with E-state index in [1.54, 1.807) is 0 Å². The van der Waals surface area contributed by atoms with Crippen LogP contribution < -0.4 is 15.4 Å². The monoisotopic (exact) mass is 702 g/mol. The average molecular weight is 703 g/mol. The lowest BCUT2D eigenvalue weighted by molar-refractivity contribution is -0.116. The van der Waals surface area contributed by atoms with Crippen LogP contribution in [0.15, 0.2) is 65.6 Å². The highest BCUT2D eigenvalue weighted by Crippen LogP contribution is 2.34. The maximum Gasteiger partial charge on any atom is 0.260 e. The first-order valence-electron chi connectivity index (χ1n) is 10.3. The largest absolute Gasteiger partial charge is 0.487 e. The Hall–Kier alpha value is -1.43. The van der Waals surface area contributed by atoms with Crippen molar-refractivity contribution in [2.45, 2.75) is 25.4 Å². The molecule has 1 atom stereocenters. The molecule has 0 saturated carbocycles. The van der Waals surface area contributed by atoms with Crippen molar-refractivity contribution in [3.8, 4) is 5.75 Å². The average Bonchev–Trinajstić information content (AvgIpc) is 3.13. The quantitative estimate of drug-likeness (QED) is 0.201. The number of nitrogens with one attached hydrogen (secondary N) is 2. The van der Waals surface area contributed by atoms with E-state index in [0.29, 0.717) is 16.5 Å². The molecule has 0 aliphatic carbocycles. The Morgan fingerprint density at radius 1 is 1.06 bits per heavy atom. The summed E-state index contributed by atoms with van der Waals surface area (Å²) in [7, 11) is 0. The molecule has 1 fully saturated rings. The summed E-state index contributed by atoms with van der Waals surface area (Å²) < 4.78 is 8.06. The first-order valence-corrected chi connectivity index (χ1v) is 13.7. The molecule has 1 aliphatic heterocycles. The molecule has 0 aromatic heterocycles. The lowest BCUT2D eigenvalue weighted by Gasteiger charge is -2.13. The van der Waals surface area contributed by atoms with Gasteiger partial charge >= 0.3 is 0 Å². The fraction of sp³-hybridized carbons (Fsp3) is 0.160. The number of carbonyl (C=O) groups excluding carboxylic acids is 1. The zero-order valence-corrected chi connectivity index (χ0v) is 23.6. The number of rotatable bonds is 7. The molecule has 8 heteroatoms. The van der Waals surface area contributed by atoms with E-state index in [4.69, 9.17) is 16.3 Å². The van der Waals surface area contributed by atoms with Crippen LogP contribution in [0.25, 0.3) is 6.08 Å². The summed E-state index contributed by atoms with van der Waals surface area (Å²) in [4.78, 5) is 13.2. The number of amides is 1. The Balaban J connectivity index is 1.43. The van der Waals surface area contributed by atoms with Gasteiger partial charge in [-0.2, -0.15) is 0 Å². The molecule has 170 valence electrons. The van der Waals surface area contributed by atoms with Crippen LogP contribution in [0.1, 0.15) is 23.6 Å². The smallest absolute Gasteiger partial charge is 0.260 e. The van der Waals surface area contributed by atoms with Crippen LogP contribution in [-0.2, 0) is 17.8 Å². The minimum atomic E-state index is -0.198. The Kier molecular flexibility index (Phi) is 8.48. The second-order valence-corrected chi connectivity index (χ2v) is 11.3. The van der Waals surface area contributed by atoms with Gasteiger partial charge in [0.2, 0.25) is 0 Å². The Morgan fingerprint density at radius 2 is 1.70 bits per heavy atom. The van der Waals surface area contributed by atoms with Gasteiger partial charge in [-0.1, -0.05) is 54.6 Å². The number of thioether (sulfide) groups is 1. The molecule has 1 saturated heterocycles. The van der Waals surface area contributed by atoms with E-state index in [2.05, 4.69) is 74.9 Å². The number of ether oxygens (including phenoxy) is 1. The van der Waals surface area contributed by atoms with Crippen molar-refractivity contribution in [3.05, 3.63) is 94.4 Å². The van der Waals surface area contributed by atoms with Gasteiger partial charge in [0.05, 0.1) is 12.0 Å². The van der Waals surface area contributed by atoms with Gasteiger partial charge < -0.3 is 15.4 Å². The van der Waals surface area contributed by atoms with E-state index in [1.807, 2.05) is 54.6 Å². The number of carbonyl (C=O) groups is 1. The molecular weight excluding hydrogens is 682 g/mol. The Morgan fingerprint density at radius 3 is 2.33 bits per heavy atom. The zero-order chi connectivity index (χ0) is 23.4. The molecule has 3 aromatic carbocycles. The van der Waals surface area contributed by atoms with Crippen molar-refractivity contribution in [2.24, 2.45) is 0 Å². The highest BCUT2D eigenvalue weighted by atomic mass is 127. The molecule has 1 heterocycles. The van der Waals surface area contributed by atoms with Gasteiger partial charge in [0, 0.05) is 10.7 Å². The number of halogens is 3. The fourth-order valence-corrected chi connectivity index (χ4v) is 6.48. The summed E-state index contributed by atoms with van der Waals surface area (Å²) in [6.07, 6.45) is 2.93. The molecule has 3 aromatic rings. The van der Waals surface area contributed by atoms with Crippen molar-refractivity contribution < 1.29 is 9.53 Å². The molecule has 0 radical (unpaired) electrons. The van der Waals surface area contributed by atoms with Crippen LogP contribution >= 0.6 is 68.5 Å². The van der Waals surface area contributed by atoms with Gasteiger partial charge in [0.1, 0.15) is 12.4 Å². The van der Waals surface area contributed by atoms with Gasteiger partial charge in [0.25, 0.3) is 5.91 Å². The zero-order valence-electron chi connectivity index (χ0n) is 17.7. The van der Waals surface area contributed by atoms with E-state index in [-0.39, 0.29) is 11.4 Å². The van der Waals surface area contributed by atoms with E-state index in [0.717, 1.165) is 36.1 Å². The van der Waals surface area contributed by atoms with Crippen molar-refractivity contribution in [1.82, 2.24) is 5.32 Å². The van der Waals surface area contributed by atoms with Crippen molar-refractivity contribution in [2.75, 3.05) is 5.32 Å². The molecule has 4 rings (SSSR count). The maximum atomic E-state index is 12.5. The molecule has 1 aliphatic rings. The minimum Gasteiger partial charge on any atom is -0.487 e. The molecule has 1 amide bonds. The molecule has 4 nitrogen and oxygen atoms in total. The van der Waals surface area contributed by atoms with E-state index < -0.39 is 0 Å². The third-order valence-electron chi connectivity index (χ3n) is 5.01. The number of aryl methyl sites for hydroxylation is 1. The second kappa shape index (κ2) is 11.3. The second-order valence-electron chi connectivity index (χ2n) is 7.40. The molecule has 0 spiro atoms. The van der Waals surface area contributed by atoms with Crippen molar-refractivity contribution in [1.29, 1.82) is 0 Å². The molecule has 33 heavy (non-hydrogen) atoms. The van der Waals surface area contributed by atoms with Crippen LogP contribution in [0.4, 0.5) is 5.69 Å². The highest BCUT2D eigenvalue weighted by molar-refractivity contribution is 14.1. The summed E-state index contributed by atoms with van der Waals surface area (Å²) in [5.41, 5.74) is 4.09. The van der Waals surface area contributed by atoms with Gasteiger partial charge in [0.15, 0.2) is 5.50 Å². The molecule has 0 bridgehead atoms. The third kappa shape index (κ3) is 6.58. The summed E-state index contributed by atoms with van der Waals surface area (Å²) in [6.45, 7) is 2.60. The van der Waals surface area contributed by atoms with Crippen LogP contribution in [-0.4, -0.2) is 11.4 Å². The SMILES string of the molecule is CCc1ccc(N[C@H]2NC(=O)/C(=C/c3cc(I)c(OCc4ccc(Cl)cc4)c(I)c3)S2)cc1. The number of anilines is 1. The van der Waals surface area contributed by atoms with Crippen LogP contribution in [0.5, 0.6) is 5.75 Å². The number of benzene rings is 3. The topological polar surface area (TPSA) is 50.4 Å². The first kappa shape index (κ1) is 24.7. The summed E-state index contributed by atoms with van der Waals surface area (Å²) in [6, 6.07) is 20.0. The predicted molar refractivity (Wildman–Crippen MR) is 155 cm³/mol. The van der Waals surface area contributed by atoms with Gasteiger partial charge in [-0.25, -0.2) is 0 Å². The molecular formula is C25H21ClI2N2O2S. The highest BCUT2D eigenvalue weighted by Gasteiger charge is 2.27. The number of hydrogen-bond acceptors (Lipinski definition) is 4. The lowest BCUT2D eigenvalue weighted by atomic mass is 10.1. The van der Waals surface area contributed by atoms with Crippen LogP contribution in [0.3, 0.4) is 0 Å². The van der Waals surface area contributed by atoms with E-state index in [1.165, 1.54) is 17.3 Å². The molecule has 0 unspecified atom stereocenters. The van der Waals surface area contributed by atoms with Crippen molar-refractivity contribution in [3.63, 3.8) is 0 Å². The van der Waals surface area contributed by atoms with Crippen LogP contribution in [0.2, 0.25) is 5.02 Å². The predicted octanol–water partition coefficient (Wildman–Crippen LogP) is 7.29. The summed E-state index contributed by atoms with van der Waals surface area (Å²) in [5.74, 6) is 0.766. The summed E-state index contributed by atoms with van der Waals surface area (Å²) >= 11 is 12.0. The van der Waals surface area contributed by atoms with E-state index in [9.17, 15) is 4.79 Å². The van der Waals surface area contributed by atoms with Crippen molar-refractivity contribution >= 4 is 86.2 Å². The Bertz CT molecular complexity index is 1160. The lowest BCUT2D eigenvalue weighted by Crippen LogP contribution is -2.30. The van der Waals surface area contributed by atoms with E-state index >= 15 is 0 Å². The van der Waals surface area contributed by atoms with Gasteiger partial charge in [-0.05, 0) is 111 Å². The Labute approximate surface area is 230 Å². The first-order chi connectivity index (χ1) is 15.9. The minimum absolute atomic E-state index is 0.0734. The number of hydrogen-bond donors (Lipinski definition) is 2. The standard InChI is InChI=1S/C25H21ClI2N2O2S/c1-2-15-5-9-19(10-6-15)29-25-30-24(31)22(33-25)13-17-11-20(27)23(21(28)12-17)32-14-16-3-7-18(26)8-4-16/h3-13,25,29H,2,14H2,1H3,(H,30,31)/b22-13-/t25-/m0/s1.